The van der Waals surface area contributed by atoms with E-state index in [1.165, 1.54) is 5.56 Å². The van der Waals surface area contributed by atoms with E-state index in [0.717, 1.165) is 13.0 Å². The average molecular weight is 352 g/mol. The molecule has 0 bridgehead atoms. The van der Waals surface area contributed by atoms with E-state index in [1.807, 2.05) is 19.2 Å². The van der Waals surface area contributed by atoms with E-state index in [0.29, 0.717) is 28.7 Å². The van der Waals surface area contributed by atoms with Crippen molar-refractivity contribution in [2.45, 2.75) is 12.8 Å². The maximum atomic E-state index is 12.0. The molecule has 0 unspecified atom stereocenters. The molecule has 4 nitrogen and oxygen atoms in total. The standard InChI is InChI=1S/C17H19Cl2N3O/c1-22(10-6-13-4-8-20-9-5-13)11-7-17(23)21-16-12-14(18)2-3-15(16)19/h2-5,8-9,12H,6-7,10-11H2,1H3,(H,21,23). The highest BCUT2D eigenvalue weighted by molar-refractivity contribution is 6.35. The number of anilines is 1. The van der Waals surface area contributed by atoms with Crippen molar-refractivity contribution in [1.29, 1.82) is 0 Å². The fourth-order valence-corrected chi connectivity index (χ4v) is 2.42. The van der Waals surface area contributed by atoms with Crippen LogP contribution >= 0.6 is 23.2 Å². The number of nitrogens with zero attached hydrogens (tertiary/aromatic N) is 2. The zero-order valence-corrected chi connectivity index (χ0v) is 14.4. The van der Waals surface area contributed by atoms with Crippen LogP contribution in [0, 0.1) is 0 Å². The normalized spacial score (nSPS) is 10.8. The first-order chi connectivity index (χ1) is 11.0. The minimum Gasteiger partial charge on any atom is -0.325 e. The molecule has 2 rings (SSSR count). The summed E-state index contributed by atoms with van der Waals surface area (Å²) in [6.45, 7) is 1.56. The second kappa shape index (κ2) is 8.87. The summed E-state index contributed by atoms with van der Waals surface area (Å²) in [4.78, 5) is 18.1. The third kappa shape index (κ3) is 6.18. The van der Waals surface area contributed by atoms with Gasteiger partial charge in [-0.2, -0.15) is 0 Å². The SMILES string of the molecule is CN(CCC(=O)Nc1cc(Cl)ccc1Cl)CCc1ccncc1. The first-order valence-electron chi connectivity index (χ1n) is 7.37. The topological polar surface area (TPSA) is 45.2 Å². The highest BCUT2D eigenvalue weighted by atomic mass is 35.5. The minimum absolute atomic E-state index is 0.0788. The molecule has 0 saturated carbocycles. The van der Waals surface area contributed by atoms with Gasteiger partial charge in [0.2, 0.25) is 5.91 Å². The number of likely N-dealkylation sites (N-methyl/N-ethyl adjacent to an activating group) is 1. The van der Waals surface area contributed by atoms with Gasteiger partial charge in [0.15, 0.2) is 0 Å². The first kappa shape index (κ1) is 17.7. The summed E-state index contributed by atoms with van der Waals surface area (Å²) in [5.41, 5.74) is 1.78. The number of rotatable bonds is 7. The predicted octanol–water partition coefficient (Wildman–Crippen LogP) is 3.89. The lowest BCUT2D eigenvalue weighted by Gasteiger charge is -2.16. The van der Waals surface area contributed by atoms with Crippen molar-refractivity contribution in [2.24, 2.45) is 0 Å². The van der Waals surface area contributed by atoms with Crippen molar-refractivity contribution >= 4 is 34.8 Å². The second-order valence-electron chi connectivity index (χ2n) is 5.33. The van der Waals surface area contributed by atoms with E-state index < -0.39 is 0 Å². The number of amides is 1. The third-order valence-electron chi connectivity index (χ3n) is 3.45. The Morgan fingerprint density at radius 2 is 1.91 bits per heavy atom. The van der Waals surface area contributed by atoms with Gasteiger partial charge in [0.1, 0.15) is 0 Å². The molecule has 0 fully saturated rings. The highest BCUT2D eigenvalue weighted by Gasteiger charge is 2.08. The van der Waals surface area contributed by atoms with Gasteiger partial charge in [-0.25, -0.2) is 0 Å². The quantitative estimate of drug-likeness (QED) is 0.822. The van der Waals surface area contributed by atoms with Crippen LogP contribution in [0.5, 0.6) is 0 Å². The Bertz CT molecular complexity index is 650. The molecule has 6 heteroatoms. The molecule has 122 valence electrons. The summed E-state index contributed by atoms with van der Waals surface area (Å²) in [5, 5.41) is 3.81. The Kier molecular flexibility index (Phi) is 6.84. The van der Waals surface area contributed by atoms with Crippen LogP contribution in [0.15, 0.2) is 42.7 Å². The summed E-state index contributed by atoms with van der Waals surface area (Å²) >= 11 is 11.9. The number of pyridine rings is 1. The summed E-state index contributed by atoms with van der Waals surface area (Å²) in [7, 11) is 2.00. The molecule has 2 aromatic rings. The summed E-state index contributed by atoms with van der Waals surface area (Å²) in [6, 6.07) is 9.01. The monoisotopic (exact) mass is 351 g/mol. The molecule has 0 saturated heterocycles. The Labute approximate surface area is 146 Å². The van der Waals surface area contributed by atoms with Crippen molar-refractivity contribution in [3.05, 3.63) is 58.3 Å². The zero-order valence-electron chi connectivity index (χ0n) is 12.9. The maximum absolute atomic E-state index is 12.0. The fraction of sp³-hybridized carbons (Fsp3) is 0.294. The molecular weight excluding hydrogens is 333 g/mol. The fourth-order valence-electron chi connectivity index (χ4n) is 2.08. The smallest absolute Gasteiger partial charge is 0.225 e. The molecule has 1 N–H and O–H groups in total. The Morgan fingerprint density at radius 3 is 2.65 bits per heavy atom. The Hall–Kier alpha value is -1.62. The van der Waals surface area contributed by atoms with Gasteiger partial charge >= 0.3 is 0 Å². The van der Waals surface area contributed by atoms with Gasteiger partial charge in [-0.3, -0.25) is 9.78 Å². The molecule has 0 radical (unpaired) electrons. The number of carbonyl (C=O) groups is 1. The van der Waals surface area contributed by atoms with E-state index >= 15 is 0 Å². The molecule has 1 aromatic heterocycles. The van der Waals surface area contributed by atoms with Gasteiger partial charge in [0.05, 0.1) is 10.7 Å². The third-order valence-corrected chi connectivity index (χ3v) is 4.02. The lowest BCUT2D eigenvalue weighted by Crippen LogP contribution is -2.26. The largest absolute Gasteiger partial charge is 0.325 e. The highest BCUT2D eigenvalue weighted by Crippen LogP contribution is 2.25. The minimum atomic E-state index is -0.0788. The molecule has 1 aromatic carbocycles. The van der Waals surface area contributed by atoms with Crippen LogP contribution in [0.1, 0.15) is 12.0 Å². The number of nitrogens with one attached hydrogen (secondary N) is 1. The lowest BCUT2D eigenvalue weighted by atomic mass is 10.2. The first-order valence-corrected chi connectivity index (χ1v) is 8.12. The number of halogens is 2. The molecule has 0 aliphatic heterocycles. The van der Waals surface area contributed by atoms with Gasteiger partial charge < -0.3 is 10.2 Å². The Balaban J connectivity index is 1.74. The maximum Gasteiger partial charge on any atom is 0.225 e. The molecule has 0 atom stereocenters. The molecule has 0 aliphatic carbocycles. The molecule has 0 spiro atoms. The molecule has 23 heavy (non-hydrogen) atoms. The van der Waals surface area contributed by atoms with Gasteiger partial charge in [0, 0.05) is 36.9 Å². The zero-order chi connectivity index (χ0) is 16.7. The molecule has 1 amide bonds. The van der Waals surface area contributed by atoms with Crippen molar-refractivity contribution in [3.8, 4) is 0 Å². The van der Waals surface area contributed by atoms with Gasteiger partial charge in [-0.1, -0.05) is 23.2 Å². The summed E-state index contributed by atoms with van der Waals surface area (Å²) in [5.74, 6) is -0.0788. The predicted molar refractivity (Wildman–Crippen MR) is 95.1 cm³/mol. The van der Waals surface area contributed by atoms with E-state index in [9.17, 15) is 4.79 Å². The Morgan fingerprint density at radius 1 is 1.17 bits per heavy atom. The summed E-state index contributed by atoms with van der Waals surface area (Å²) < 4.78 is 0. The molecule has 0 aliphatic rings. The number of hydrogen-bond acceptors (Lipinski definition) is 3. The van der Waals surface area contributed by atoms with Crippen molar-refractivity contribution in [1.82, 2.24) is 9.88 Å². The van der Waals surface area contributed by atoms with E-state index in [1.54, 1.807) is 30.6 Å². The van der Waals surface area contributed by atoms with Crippen LogP contribution in [-0.2, 0) is 11.2 Å². The van der Waals surface area contributed by atoms with Gasteiger partial charge in [-0.05, 0) is 49.4 Å². The van der Waals surface area contributed by atoms with Crippen LogP contribution < -0.4 is 5.32 Å². The van der Waals surface area contributed by atoms with E-state index in [-0.39, 0.29) is 5.91 Å². The van der Waals surface area contributed by atoms with Crippen molar-refractivity contribution in [2.75, 3.05) is 25.5 Å². The van der Waals surface area contributed by atoms with Crippen LogP contribution in [-0.4, -0.2) is 35.9 Å². The molecular formula is C17H19Cl2N3O. The number of aromatic nitrogens is 1. The number of benzene rings is 1. The lowest BCUT2D eigenvalue weighted by molar-refractivity contribution is -0.116. The number of hydrogen-bond donors (Lipinski definition) is 1. The van der Waals surface area contributed by atoms with Crippen LogP contribution in [0.3, 0.4) is 0 Å². The van der Waals surface area contributed by atoms with Crippen LogP contribution in [0.2, 0.25) is 10.0 Å². The second-order valence-corrected chi connectivity index (χ2v) is 6.17. The average Bonchev–Trinajstić information content (AvgIpc) is 2.55. The van der Waals surface area contributed by atoms with Gasteiger partial charge in [0.25, 0.3) is 0 Å². The number of carbonyl (C=O) groups excluding carboxylic acids is 1. The van der Waals surface area contributed by atoms with Crippen LogP contribution in [0.25, 0.3) is 0 Å². The summed E-state index contributed by atoms with van der Waals surface area (Å²) in [6.07, 6.45) is 4.91. The van der Waals surface area contributed by atoms with E-state index in [2.05, 4.69) is 15.2 Å². The van der Waals surface area contributed by atoms with Crippen molar-refractivity contribution in [3.63, 3.8) is 0 Å². The van der Waals surface area contributed by atoms with E-state index in [4.69, 9.17) is 23.2 Å². The molecule has 1 heterocycles. The van der Waals surface area contributed by atoms with Gasteiger partial charge in [-0.15, -0.1) is 0 Å². The van der Waals surface area contributed by atoms with Crippen molar-refractivity contribution < 1.29 is 4.79 Å². The van der Waals surface area contributed by atoms with Crippen LogP contribution in [0.4, 0.5) is 5.69 Å².